The standard InChI is InChI=1S/C19H30N6O/c1-20-19(21-13-16-5-4-6-17(22-16)24(2)3)23-15-9-11-25(12-10-15)18(26)14-7-8-14/h4-6,14-15H,7-13H2,1-3H3,(H2,20,21,23). The second-order valence-electron chi connectivity index (χ2n) is 7.33. The number of carbonyl (C=O) groups excluding carboxylic acids is 1. The predicted molar refractivity (Wildman–Crippen MR) is 104 cm³/mol. The van der Waals surface area contributed by atoms with E-state index in [1.807, 2.05) is 42.1 Å². The number of anilines is 1. The summed E-state index contributed by atoms with van der Waals surface area (Å²) in [4.78, 5) is 25.1. The summed E-state index contributed by atoms with van der Waals surface area (Å²) in [5.74, 6) is 2.41. The monoisotopic (exact) mass is 358 g/mol. The molecule has 7 heteroatoms. The molecule has 0 bridgehead atoms. The Labute approximate surface area is 155 Å². The predicted octanol–water partition coefficient (Wildman–Crippen LogP) is 1.21. The van der Waals surface area contributed by atoms with Crippen LogP contribution in [0.15, 0.2) is 23.2 Å². The van der Waals surface area contributed by atoms with Crippen LogP contribution in [-0.2, 0) is 11.3 Å². The van der Waals surface area contributed by atoms with Crippen molar-refractivity contribution in [3.8, 4) is 0 Å². The Morgan fingerprint density at radius 2 is 2.00 bits per heavy atom. The van der Waals surface area contributed by atoms with Gasteiger partial charge in [-0.05, 0) is 37.8 Å². The summed E-state index contributed by atoms with van der Waals surface area (Å²) in [5, 5.41) is 6.82. The molecule has 0 radical (unpaired) electrons. The largest absolute Gasteiger partial charge is 0.363 e. The van der Waals surface area contributed by atoms with Crippen LogP contribution in [0.3, 0.4) is 0 Å². The van der Waals surface area contributed by atoms with Crippen LogP contribution in [0.1, 0.15) is 31.4 Å². The molecule has 2 N–H and O–H groups in total. The van der Waals surface area contributed by atoms with E-state index in [4.69, 9.17) is 0 Å². The van der Waals surface area contributed by atoms with Crippen molar-refractivity contribution in [2.45, 2.75) is 38.3 Å². The first-order valence-electron chi connectivity index (χ1n) is 9.46. The number of guanidine groups is 1. The van der Waals surface area contributed by atoms with Crippen molar-refractivity contribution < 1.29 is 4.79 Å². The molecule has 142 valence electrons. The summed E-state index contributed by atoms with van der Waals surface area (Å²) in [6, 6.07) is 6.37. The fourth-order valence-corrected chi connectivity index (χ4v) is 3.21. The van der Waals surface area contributed by atoms with Crippen molar-refractivity contribution in [1.29, 1.82) is 0 Å². The van der Waals surface area contributed by atoms with Gasteiger partial charge in [-0.3, -0.25) is 9.79 Å². The van der Waals surface area contributed by atoms with E-state index >= 15 is 0 Å². The Hall–Kier alpha value is -2.31. The fourth-order valence-electron chi connectivity index (χ4n) is 3.21. The van der Waals surface area contributed by atoms with Gasteiger partial charge in [-0.2, -0.15) is 0 Å². The molecule has 1 aliphatic heterocycles. The Balaban J connectivity index is 1.45. The van der Waals surface area contributed by atoms with Gasteiger partial charge in [0, 0.05) is 46.2 Å². The Kier molecular flexibility index (Phi) is 5.96. The van der Waals surface area contributed by atoms with Gasteiger partial charge in [0.15, 0.2) is 5.96 Å². The minimum atomic E-state index is 0.319. The van der Waals surface area contributed by atoms with Crippen LogP contribution in [0.25, 0.3) is 0 Å². The Morgan fingerprint density at radius 3 is 2.62 bits per heavy atom. The maximum Gasteiger partial charge on any atom is 0.225 e. The Bertz CT molecular complexity index is 647. The highest BCUT2D eigenvalue weighted by Gasteiger charge is 2.34. The molecule has 1 aromatic rings. The number of aliphatic imine (C=N–C) groups is 1. The highest BCUT2D eigenvalue weighted by atomic mass is 16.2. The summed E-state index contributed by atoms with van der Waals surface area (Å²) in [6.45, 7) is 2.31. The van der Waals surface area contributed by atoms with Crippen molar-refractivity contribution in [2.75, 3.05) is 39.1 Å². The van der Waals surface area contributed by atoms with E-state index in [0.717, 1.165) is 56.2 Å². The minimum Gasteiger partial charge on any atom is -0.363 e. The highest BCUT2D eigenvalue weighted by Crippen LogP contribution is 2.31. The van der Waals surface area contributed by atoms with E-state index in [1.54, 1.807) is 7.05 Å². The van der Waals surface area contributed by atoms with Crippen molar-refractivity contribution in [3.05, 3.63) is 23.9 Å². The molecule has 2 fully saturated rings. The lowest BCUT2D eigenvalue weighted by atomic mass is 10.0. The minimum absolute atomic E-state index is 0.319. The number of carbonyl (C=O) groups is 1. The van der Waals surface area contributed by atoms with E-state index in [-0.39, 0.29) is 0 Å². The Morgan fingerprint density at radius 1 is 1.27 bits per heavy atom. The van der Waals surface area contributed by atoms with Gasteiger partial charge < -0.3 is 20.4 Å². The lowest BCUT2D eigenvalue weighted by molar-refractivity contribution is -0.133. The smallest absolute Gasteiger partial charge is 0.225 e. The molecule has 0 spiro atoms. The maximum absolute atomic E-state index is 12.1. The molecule has 1 amide bonds. The second kappa shape index (κ2) is 8.38. The van der Waals surface area contributed by atoms with Crippen molar-refractivity contribution in [2.24, 2.45) is 10.9 Å². The van der Waals surface area contributed by atoms with Crippen LogP contribution in [0, 0.1) is 5.92 Å². The third-order valence-corrected chi connectivity index (χ3v) is 4.98. The fraction of sp³-hybridized carbons (Fsp3) is 0.632. The molecule has 26 heavy (non-hydrogen) atoms. The van der Waals surface area contributed by atoms with Crippen LogP contribution in [-0.4, -0.2) is 62.0 Å². The third kappa shape index (κ3) is 4.86. The van der Waals surface area contributed by atoms with E-state index in [0.29, 0.717) is 24.4 Å². The number of nitrogens with one attached hydrogen (secondary N) is 2. The number of piperidine rings is 1. The first-order chi connectivity index (χ1) is 12.6. The van der Waals surface area contributed by atoms with Crippen LogP contribution >= 0.6 is 0 Å². The van der Waals surface area contributed by atoms with Gasteiger partial charge in [-0.25, -0.2) is 4.98 Å². The number of likely N-dealkylation sites (tertiary alicyclic amines) is 1. The molecule has 1 saturated carbocycles. The molecule has 3 rings (SSSR count). The topological polar surface area (TPSA) is 72.9 Å². The zero-order valence-electron chi connectivity index (χ0n) is 16.0. The molecule has 1 aromatic heterocycles. The molecule has 2 heterocycles. The number of hydrogen-bond donors (Lipinski definition) is 2. The second-order valence-corrected chi connectivity index (χ2v) is 7.33. The van der Waals surface area contributed by atoms with Crippen molar-refractivity contribution >= 4 is 17.7 Å². The summed E-state index contributed by atoms with van der Waals surface area (Å²) in [6.07, 6.45) is 4.09. The summed E-state index contributed by atoms with van der Waals surface area (Å²) in [7, 11) is 5.76. The maximum atomic E-state index is 12.1. The lowest BCUT2D eigenvalue weighted by Crippen LogP contribution is -2.49. The van der Waals surface area contributed by atoms with E-state index in [1.165, 1.54) is 0 Å². The first-order valence-corrected chi connectivity index (χ1v) is 9.46. The van der Waals surface area contributed by atoms with Crippen LogP contribution in [0.2, 0.25) is 0 Å². The SMILES string of the molecule is CN=C(NCc1cccc(N(C)C)n1)NC1CCN(C(=O)C2CC2)CC1. The molecular formula is C19H30N6O. The molecule has 1 aliphatic carbocycles. The van der Waals surface area contributed by atoms with Gasteiger partial charge in [0.2, 0.25) is 5.91 Å². The normalized spacial score (nSPS) is 18.6. The molecule has 1 saturated heterocycles. The third-order valence-electron chi connectivity index (χ3n) is 4.98. The molecule has 2 aliphatic rings. The van der Waals surface area contributed by atoms with Gasteiger partial charge in [-0.15, -0.1) is 0 Å². The van der Waals surface area contributed by atoms with E-state index in [2.05, 4.69) is 20.6 Å². The van der Waals surface area contributed by atoms with Crippen LogP contribution in [0.5, 0.6) is 0 Å². The number of nitrogens with zero attached hydrogens (tertiary/aromatic N) is 4. The number of aromatic nitrogens is 1. The van der Waals surface area contributed by atoms with Gasteiger partial charge in [0.05, 0.1) is 12.2 Å². The lowest BCUT2D eigenvalue weighted by Gasteiger charge is -2.33. The average Bonchev–Trinajstić information content (AvgIpc) is 3.50. The quantitative estimate of drug-likeness (QED) is 0.611. The number of pyridine rings is 1. The average molecular weight is 358 g/mol. The highest BCUT2D eigenvalue weighted by molar-refractivity contribution is 5.81. The van der Waals surface area contributed by atoms with Gasteiger partial charge >= 0.3 is 0 Å². The van der Waals surface area contributed by atoms with Gasteiger partial charge in [-0.1, -0.05) is 6.07 Å². The molecule has 0 atom stereocenters. The summed E-state index contributed by atoms with van der Waals surface area (Å²) < 4.78 is 0. The van der Waals surface area contributed by atoms with E-state index < -0.39 is 0 Å². The molecular weight excluding hydrogens is 328 g/mol. The zero-order valence-corrected chi connectivity index (χ0v) is 16.0. The zero-order chi connectivity index (χ0) is 18.5. The summed E-state index contributed by atoms with van der Waals surface area (Å²) >= 11 is 0. The van der Waals surface area contributed by atoms with Gasteiger partial charge in [0.1, 0.15) is 5.82 Å². The van der Waals surface area contributed by atoms with Crippen molar-refractivity contribution in [1.82, 2.24) is 20.5 Å². The van der Waals surface area contributed by atoms with Crippen LogP contribution in [0.4, 0.5) is 5.82 Å². The van der Waals surface area contributed by atoms with Gasteiger partial charge in [0.25, 0.3) is 0 Å². The first kappa shape index (κ1) is 18.5. The number of amides is 1. The van der Waals surface area contributed by atoms with E-state index in [9.17, 15) is 4.79 Å². The molecule has 0 unspecified atom stereocenters. The molecule has 0 aromatic carbocycles. The summed E-state index contributed by atoms with van der Waals surface area (Å²) in [5.41, 5.74) is 0.976. The number of rotatable bonds is 5. The van der Waals surface area contributed by atoms with Crippen molar-refractivity contribution in [3.63, 3.8) is 0 Å². The number of hydrogen-bond acceptors (Lipinski definition) is 4. The van der Waals surface area contributed by atoms with Crippen LogP contribution < -0.4 is 15.5 Å². The molecule has 7 nitrogen and oxygen atoms in total.